The molecule has 2 aliphatic heterocycles. The zero-order valence-corrected chi connectivity index (χ0v) is 13.8. The van der Waals surface area contributed by atoms with Crippen molar-refractivity contribution in [2.45, 2.75) is 49.7 Å². The topological polar surface area (TPSA) is 23.5 Å². The average molecular weight is 309 g/mol. The molecule has 6 fully saturated rings. The van der Waals surface area contributed by atoms with Gasteiger partial charge in [-0.25, -0.2) is 0 Å². The number of aliphatic hydroxyl groups is 1. The largest absolute Gasteiger partial charge is 0.383 e. The first kappa shape index (κ1) is 13.4. The van der Waals surface area contributed by atoms with Crippen molar-refractivity contribution in [1.29, 1.82) is 0 Å². The Kier molecular flexibility index (Phi) is 2.46. The highest BCUT2D eigenvalue weighted by Gasteiger charge is 2.76. The van der Waals surface area contributed by atoms with Gasteiger partial charge in [0.05, 0.1) is 5.54 Å². The second-order valence-electron chi connectivity index (χ2n) is 9.02. The molecule has 122 valence electrons. The Hall–Kier alpha value is -0.860. The van der Waals surface area contributed by atoms with Crippen molar-refractivity contribution in [3.8, 4) is 0 Å². The van der Waals surface area contributed by atoms with Crippen LogP contribution in [0.3, 0.4) is 0 Å². The van der Waals surface area contributed by atoms with Crippen LogP contribution >= 0.6 is 0 Å². The quantitative estimate of drug-likeness (QED) is 0.925. The van der Waals surface area contributed by atoms with E-state index in [1.54, 1.807) is 0 Å². The van der Waals surface area contributed by atoms with E-state index in [0.29, 0.717) is 5.92 Å². The van der Waals surface area contributed by atoms with E-state index in [1.807, 2.05) is 0 Å². The Morgan fingerprint density at radius 1 is 1.00 bits per heavy atom. The minimum atomic E-state index is -0.614. The number of hydrogen-bond acceptors (Lipinski definition) is 2. The summed E-state index contributed by atoms with van der Waals surface area (Å²) in [4.78, 5) is 2.67. The molecular formula is C21H27NO. The van der Waals surface area contributed by atoms with Crippen molar-refractivity contribution >= 4 is 0 Å². The van der Waals surface area contributed by atoms with Gasteiger partial charge in [-0.15, -0.1) is 0 Å². The van der Waals surface area contributed by atoms with Gasteiger partial charge in [0, 0.05) is 0 Å². The van der Waals surface area contributed by atoms with Crippen LogP contribution in [0.5, 0.6) is 0 Å². The molecular weight excluding hydrogens is 282 g/mol. The highest BCUT2D eigenvalue weighted by Crippen LogP contribution is 2.78. The fourth-order valence-electron chi connectivity index (χ4n) is 7.89. The first-order valence-electron chi connectivity index (χ1n) is 9.79. The van der Waals surface area contributed by atoms with Gasteiger partial charge in [-0.3, -0.25) is 4.90 Å². The Morgan fingerprint density at radius 3 is 2.22 bits per heavy atom. The molecule has 2 heterocycles. The van der Waals surface area contributed by atoms with Crippen molar-refractivity contribution in [1.82, 2.24) is 4.90 Å². The predicted molar refractivity (Wildman–Crippen MR) is 89.8 cm³/mol. The van der Waals surface area contributed by atoms with Crippen LogP contribution in [-0.2, 0) is 5.60 Å². The van der Waals surface area contributed by atoms with Gasteiger partial charge < -0.3 is 5.11 Å². The smallest absolute Gasteiger partial charge is 0.111 e. The lowest BCUT2D eigenvalue weighted by Gasteiger charge is -2.52. The van der Waals surface area contributed by atoms with Crippen molar-refractivity contribution in [3.63, 3.8) is 0 Å². The van der Waals surface area contributed by atoms with Crippen LogP contribution < -0.4 is 0 Å². The van der Waals surface area contributed by atoms with Crippen molar-refractivity contribution < 1.29 is 5.11 Å². The van der Waals surface area contributed by atoms with Gasteiger partial charge in [-0.05, 0) is 86.8 Å². The molecule has 1 aromatic carbocycles. The zero-order chi connectivity index (χ0) is 15.2. The molecule has 6 aliphatic rings. The summed E-state index contributed by atoms with van der Waals surface area (Å²) >= 11 is 0. The minimum Gasteiger partial charge on any atom is -0.383 e. The van der Waals surface area contributed by atoms with Crippen LogP contribution in [0.15, 0.2) is 30.3 Å². The maximum absolute atomic E-state index is 12.5. The summed E-state index contributed by atoms with van der Waals surface area (Å²) in [6.45, 7) is 2.40. The summed E-state index contributed by atoms with van der Waals surface area (Å²) in [6, 6.07) is 10.8. The second kappa shape index (κ2) is 4.21. The molecule has 0 aromatic heterocycles. The number of hydrogen-bond donors (Lipinski definition) is 1. The van der Waals surface area contributed by atoms with E-state index in [9.17, 15) is 5.11 Å². The highest BCUT2D eigenvalue weighted by molar-refractivity contribution is 5.35. The van der Waals surface area contributed by atoms with E-state index < -0.39 is 5.60 Å². The van der Waals surface area contributed by atoms with E-state index >= 15 is 0 Å². The Labute approximate surface area is 138 Å². The van der Waals surface area contributed by atoms with Gasteiger partial charge in [-0.1, -0.05) is 30.3 Å². The van der Waals surface area contributed by atoms with Gasteiger partial charge in [-0.2, -0.15) is 0 Å². The molecule has 4 bridgehead atoms. The molecule has 1 N–H and O–H groups in total. The Bertz CT molecular complexity index is 619. The Morgan fingerprint density at radius 2 is 1.65 bits per heavy atom. The molecule has 1 aromatic rings. The summed E-state index contributed by atoms with van der Waals surface area (Å²) < 4.78 is 0. The third-order valence-electron chi connectivity index (χ3n) is 8.52. The number of benzene rings is 1. The molecule has 0 spiro atoms. The fraction of sp³-hybridized carbons (Fsp3) is 0.714. The van der Waals surface area contributed by atoms with Crippen LogP contribution in [0, 0.1) is 29.6 Å². The molecule has 23 heavy (non-hydrogen) atoms. The standard InChI is InChI=1S/C21H27NO/c23-21(15-6-2-1-3-7-15,19-14-12-16-17(13-14)18(16)19)20-8-4-10-22(20)11-5-9-20/h1-3,6-7,14,16-19,23H,4-5,8-13H2/t14?,16?,17?,18?,19-,21+/m1/s1. The summed E-state index contributed by atoms with van der Waals surface area (Å²) in [5.74, 6) is 4.08. The normalized spacial score (nSPS) is 45.2. The van der Waals surface area contributed by atoms with Crippen LogP contribution in [0.1, 0.15) is 44.1 Å². The first-order chi connectivity index (χ1) is 11.3. The zero-order valence-electron chi connectivity index (χ0n) is 13.8. The summed E-state index contributed by atoms with van der Waals surface area (Å²) in [6.07, 6.45) is 7.75. The lowest BCUT2D eigenvalue weighted by atomic mass is 9.63. The van der Waals surface area contributed by atoms with Crippen molar-refractivity contribution in [3.05, 3.63) is 35.9 Å². The SMILES string of the molecule is O[C@@](c1ccccc1)([C@@H]1C2CC3C(C2)C31)C12CCCN1CCC2. The molecule has 0 radical (unpaired) electrons. The second-order valence-corrected chi connectivity index (χ2v) is 9.02. The van der Waals surface area contributed by atoms with E-state index in [2.05, 4.69) is 35.2 Å². The average Bonchev–Trinajstić information content (AvgIpc) is 3.19. The van der Waals surface area contributed by atoms with Crippen LogP contribution in [0.4, 0.5) is 0 Å². The van der Waals surface area contributed by atoms with E-state index in [0.717, 1.165) is 23.7 Å². The maximum atomic E-state index is 12.5. The van der Waals surface area contributed by atoms with Gasteiger partial charge in [0.25, 0.3) is 0 Å². The van der Waals surface area contributed by atoms with Crippen LogP contribution in [0.2, 0.25) is 0 Å². The number of nitrogens with zero attached hydrogens (tertiary/aromatic N) is 1. The minimum absolute atomic E-state index is 0.0314. The molecule has 0 amide bonds. The van der Waals surface area contributed by atoms with Crippen LogP contribution in [-0.4, -0.2) is 28.6 Å². The summed E-state index contributed by atoms with van der Waals surface area (Å²) in [7, 11) is 0. The molecule has 4 aliphatic carbocycles. The van der Waals surface area contributed by atoms with Gasteiger partial charge >= 0.3 is 0 Å². The van der Waals surface area contributed by atoms with E-state index in [4.69, 9.17) is 0 Å². The number of fused-ring (bicyclic) bond motifs is 1. The molecule has 2 nitrogen and oxygen atoms in total. The van der Waals surface area contributed by atoms with E-state index in [1.165, 1.54) is 57.2 Å². The first-order valence-corrected chi connectivity index (χ1v) is 9.79. The maximum Gasteiger partial charge on any atom is 0.111 e. The molecule has 2 unspecified atom stereocenters. The summed E-state index contributed by atoms with van der Waals surface area (Å²) in [5, 5.41) is 12.5. The lowest BCUT2D eigenvalue weighted by molar-refractivity contribution is -0.141. The fourth-order valence-corrected chi connectivity index (χ4v) is 7.89. The third kappa shape index (κ3) is 1.41. The van der Waals surface area contributed by atoms with Gasteiger partial charge in [0.2, 0.25) is 0 Å². The predicted octanol–water partition coefficient (Wildman–Crippen LogP) is 3.40. The van der Waals surface area contributed by atoms with E-state index in [-0.39, 0.29) is 5.54 Å². The molecule has 4 atom stereocenters. The van der Waals surface area contributed by atoms with Crippen LogP contribution in [0.25, 0.3) is 0 Å². The van der Waals surface area contributed by atoms with Gasteiger partial charge in [0.15, 0.2) is 0 Å². The van der Waals surface area contributed by atoms with Gasteiger partial charge in [0.1, 0.15) is 5.60 Å². The highest BCUT2D eigenvalue weighted by atomic mass is 16.3. The lowest BCUT2D eigenvalue weighted by Crippen LogP contribution is -2.60. The third-order valence-corrected chi connectivity index (χ3v) is 8.52. The Balaban J connectivity index is 1.54. The summed E-state index contributed by atoms with van der Waals surface area (Å²) in [5.41, 5.74) is 0.636. The molecule has 2 saturated heterocycles. The molecule has 4 saturated carbocycles. The van der Waals surface area contributed by atoms with Crippen molar-refractivity contribution in [2.24, 2.45) is 29.6 Å². The van der Waals surface area contributed by atoms with Crippen molar-refractivity contribution in [2.75, 3.05) is 13.1 Å². The number of rotatable bonds is 3. The monoisotopic (exact) mass is 309 g/mol. The molecule has 7 rings (SSSR count). The molecule has 2 heteroatoms.